The van der Waals surface area contributed by atoms with E-state index in [4.69, 9.17) is 9.47 Å². The molecule has 1 amide bonds. The number of amides is 1. The Balaban J connectivity index is 1.38. The molecule has 1 aliphatic heterocycles. The van der Waals surface area contributed by atoms with E-state index >= 15 is 0 Å². The summed E-state index contributed by atoms with van der Waals surface area (Å²) in [5, 5.41) is 3.95. The Morgan fingerprint density at radius 1 is 1.21 bits per heavy atom. The van der Waals surface area contributed by atoms with Crippen molar-refractivity contribution in [3.8, 4) is 17.5 Å². The predicted molar refractivity (Wildman–Crippen MR) is 125 cm³/mol. The number of rotatable bonds is 7. The predicted octanol–water partition coefficient (Wildman–Crippen LogP) is 3.79. The van der Waals surface area contributed by atoms with Gasteiger partial charge in [0, 0.05) is 32.2 Å². The monoisotopic (exact) mass is 505 g/mol. The number of hydrogen-bond donors (Lipinski definition) is 0. The molecule has 4 rings (SSSR count). The lowest BCUT2D eigenvalue weighted by Gasteiger charge is -2.32. The number of likely N-dealkylation sites (tertiary alicyclic amines) is 1. The third-order valence-corrected chi connectivity index (χ3v) is 7.38. The van der Waals surface area contributed by atoms with E-state index < -0.39 is 15.7 Å². The number of carbonyl (C=O) groups excluding carboxylic acids is 1. The van der Waals surface area contributed by atoms with Gasteiger partial charge in [-0.1, -0.05) is 0 Å². The number of nitrogens with zero attached hydrogens (tertiary/aromatic N) is 3. The van der Waals surface area contributed by atoms with Crippen LogP contribution < -0.4 is 9.47 Å². The molecule has 3 aromatic rings. The van der Waals surface area contributed by atoms with Gasteiger partial charge in [0.05, 0.1) is 16.9 Å². The number of piperidine rings is 1. The van der Waals surface area contributed by atoms with Crippen LogP contribution in [0.15, 0.2) is 46.2 Å². The summed E-state index contributed by atoms with van der Waals surface area (Å²) in [4.78, 5) is 22.4. The lowest BCUT2D eigenvalue weighted by atomic mass is 10.1. The molecule has 0 saturated carbocycles. The van der Waals surface area contributed by atoms with Crippen LogP contribution in [0.25, 0.3) is 0 Å². The van der Waals surface area contributed by atoms with Crippen molar-refractivity contribution in [1.82, 2.24) is 14.9 Å². The van der Waals surface area contributed by atoms with Gasteiger partial charge in [-0.15, -0.1) is 0 Å². The van der Waals surface area contributed by atoms with Gasteiger partial charge in [0.25, 0.3) is 0 Å². The molecule has 3 heterocycles. The van der Waals surface area contributed by atoms with Crippen LogP contribution in [0.1, 0.15) is 24.0 Å². The van der Waals surface area contributed by atoms with Crippen molar-refractivity contribution in [1.29, 1.82) is 0 Å². The number of carbonyl (C=O) groups is 1. The van der Waals surface area contributed by atoms with Crippen molar-refractivity contribution in [3.05, 3.63) is 58.3 Å². The van der Waals surface area contributed by atoms with Crippen molar-refractivity contribution in [3.63, 3.8) is 0 Å². The Morgan fingerprint density at radius 2 is 1.94 bits per heavy atom. The molecular formula is C23H24FN3O5S2. The maximum absolute atomic E-state index is 14.4. The molecule has 11 heteroatoms. The fourth-order valence-electron chi connectivity index (χ4n) is 3.60. The van der Waals surface area contributed by atoms with Crippen LogP contribution in [0.3, 0.4) is 0 Å². The number of aromatic nitrogens is 2. The van der Waals surface area contributed by atoms with Crippen molar-refractivity contribution in [2.45, 2.75) is 37.2 Å². The summed E-state index contributed by atoms with van der Waals surface area (Å²) < 4.78 is 49.2. The highest BCUT2D eigenvalue weighted by Gasteiger charge is 2.25. The fourth-order valence-corrected chi connectivity index (χ4v) is 4.90. The van der Waals surface area contributed by atoms with Crippen molar-refractivity contribution in [2.75, 3.05) is 19.3 Å². The number of benzene rings is 1. The molecule has 0 aliphatic carbocycles. The normalized spacial score (nSPS) is 14.7. The number of sulfone groups is 1. The van der Waals surface area contributed by atoms with Crippen LogP contribution in [0, 0.1) is 12.7 Å². The minimum Gasteiger partial charge on any atom is -0.474 e. The molecule has 2 aromatic heterocycles. The third kappa shape index (κ3) is 5.71. The van der Waals surface area contributed by atoms with E-state index in [0.717, 1.165) is 17.9 Å². The molecule has 0 radical (unpaired) electrons. The van der Waals surface area contributed by atoms with Gasteiger partial charge in [0.2, 0.25) is 17.7 Å². The zero-order valence-corrected chi connectivity index (χ0v) is 20.4. The fraction of sp³-hybridized carbons (Fsp3) is 0.348. The summed E-state index contributed by atoms with van der Waals surface area (Å²) >= 11 is 1.58. The molecule has 8 nitrogen and oxygen atoms in total. The molecule has 1 aromatic carbocycles. The second-order valence-electron chi connectivity index (χ2n) is 8.08. The molecule has 0 atom stereocenters. The summed E-state index contributed by atoms with van der Waals surface area (Å²) in [6, 6.07) is 5.39. The minimum atomic E-state index is -3.53. The van der Waals surface area contributed by atoms with E-state index in [1.54, 1.807) is 18.3 Å². The highest BCUT2D eigenvalue weighted by Crippen LogP contribution is 2.31. The standard InChI is InChI=1S/C23H24FN3O5S2/c1-15-22(31-17-5-8-27(9-6-17)21(28)11-16-7-10-33-13-16)25-14-26-23(15)32-20-4-3-18(12-19(20)24)34(2,29)30/h3-4,7,10,12-14,17H,5-6,8-9,11H2,1-2H3. The molecule has 180 valence electrons. The highest BCUT2D eigenvalue weighted by atomic mass is 32.2. The van der Waals surface area contributed by atoms with Gasteiger partial charge in [-0.25, -0.2) is 22.8 Å². The van der Waals surface area contributed by atoms with Gasteiger partial charge in [0.15, 0.2) is 21.4 Å². The lowest BCUT2D eigenvalue weighted by molar-refractivity contribution is -0.132. The molecule has 1 fully saturated rings. The topological polar surface area (TPSA) is 98.7 Å². The summed E-state index contributed by atoms with van der Waals surface area (Å²) in [7, 11) is -3.53. The second-order valence-corrected chi connectivity index (χ2v) is 10.9. The van der Waals surface area contributed by atoms with E-state index in [-0.39, 0.29) is 28.5 Å². The summed E-state index contributed by atoms with van der Waals surface area (Å²) in [6.45, 7) is 2.89. The van der Waals surface area contributed by atoms with Crippen LogP contribution in [0.2, 0.25) is 0 Å². The number of ether oxygens (including phenoxy) is 2. The summed E-state index contributed by atoms with van der Waals surface area (Å²) in [5.74, 6) is -0.434. The van der Waals surface area contributed by atoms with E-state index in [2.05, 4.69) is 9.97 Å². The van der Waals surface area contributed by atoms with Gasteiger partial charge in [-0.2, -0.15) is 11.3 Å². The van der Waals surface area contributed by atoms with E-state index in [9.17, 15) is 17.6 Å². The Kier molecular flexibility index (Phi) is 7.13. The average molecular weight is 506 g/mol. The van der Waals surface area contributed by atoms with Crippen molar-refractivity contribution < 1.29 is 27.1 Å². The molecule has 34 heavy (non-hydrogen) atoms. The SMILES string of the molecule is Cc1c(Oc2ccc(S(C)(=O)=O)cc2F)ncnc1OC1CCN(C(=O)Cc2ccsc2)CC1. The van der Waals surface area contributed by atoms with Crippen molar-refractivity contribution >= 4 is 27.1 Å². The van der Waals surface area contributed by atoms with Crippen LogP contribution in [-0.2, 0) is 21.1 Å². The number of halogens is 1. The highest BCUT2D eigenvalue weighted by molar-refractivity contribution is 7.90. The first-order valence-corrected chi connectivity index (χ1v) is 13.5. The molecule has 0 N–H and O–H groups in total. The molecule has 1 saturated heterocycles. The molecule has 1 aliphatic rings. The lowest BCUT2D eigenvalue weighted by Crippen LogP contribution is -2.42. The van der Waals surface area contributed by atoms with E-state index in [0.29, 0.717) is 43.8 Å². The van der Waals surface area contributed by atoms with Crippen LogP contribution in [-0.4, -0.2) is 54.6 Å². The van der Waals surface area contributed by atoms with Gasteiger partial charge in [0.1, 0.15) is 12.4 Å². The maximum Gasteiger partial charge on any atom is 0.229 e. The van der Waals surface area contributed by atoms with Gasteiger partial charge in [-0.3, -0.25) is 4.79 Å². The largest absolute Gasteiger partial charge is 0.474 e. The zero-order chi connectivity index (χ0) is 24.3. The number of hydrogen-bond acceptors (Lipinski definition) is 8. The quantitative estimate of drug-likeness (QED) is 0.482. The molecule has 0 unspecified atom stereocenters. The van der Waals surface area contributed by atoms with Crippen LogP contribution in [0.4, 0.5) is 4.39 Å². The van der Waals surface area contributed by atoms with Crippen LogP contribution >= 0.6 is 11.3 Å². The first-order valence-electron chi connectivity index (χ1n) is 10.7. The maximum atomic E-state index is 14.4. The average Bonchev–Trinajstić information content (AvgIpc) is 3.30. The Hall–Kier alpha value is -3.05. The molecule has 0 bridgehead atoms. The van der Waals surface area contributed by atoms with E-state index in [1.807, 2.05) is 21.7 Å². The molecular weight excluding hydrogens is 481 g/mol. The summed E-state index contributed by atoms with van der Waals surface area (Å²) in [5.41, 5.74) is 1.52. The first kappa shape index (κ1) is 24.1. The second kappa shape index (κ2) is 10.1. The third-order valence-electron chi connectivity index (χ3n) is 5.54. The van der Waals surface area contributed by atoms with Gasteiger partial charge in [-0.05, 0) is 47.5 Å². The number of thiophene rings is 1. The first-order chi connectivity index (χ1) is 16.2. The van der Waals surface area contributed by atoms with E-state index in [1.165, 1.54) is 18.5 Å². The van der Waals surface area contributed by atoms with Crippen LogP contribution in [0.5, 0.6) is 17.5 Å². The smallest absolute Gasteiger partial charge is 0.229 e. The van der Waals surface area contributed by atoms with Gasteiger partial charge >= 0.3 is 0 Å². The van der Waals surface area contributed by atoms with Gasteiger partial charge < -0.3 is 14.4 Å². The minimum absolute atomic E-state index is 0.106. The summed E-state index contributed by atoms with van der Waals surface area (Å²) in [6.07, 6.45) is 3.87. The van der Waals surface area contributed by atoms with Crippen molar-refractivity contribution in [2.24, 2.45) is 0 Å². The molecule has 0 spiro atoms. The Bertz CT molecular complexity index is 1270. The zero-order valence-electron chi connectivity index (χ0n) is 18.7. The Labute approximate surface area is 201 Å². The Morgan fingerprint density at radius 3 is 2.59 bits per heavy atom.